The third-order valence-corrected chi connectivity index (χ3v) is 11.1. The fraction of sp³-hybridized carbons (Fsp3) is 0.963. The van der Waals surface area contributed by atoms with E-state index in [2.05, 4.69) is 27.7 Å². The van der Waals surface area contributed by atoms with Crippen LogP contribution in [0.2, 0.25) is 0 Å². The van der Waals surface area contributed by atoms with Crippen molar-refractivity contribution in [1.82, 2.24) is 0 Å². The molecule has 0 saturated heterocycles. The van der Waals surface area contributed by atoms with E-state index in [-0.39, 0.29) is 34.4 Å². The maximum atomic E-state index is 15.4. The minimum atomic E-state index is -1.21. The minimum absolute atomic E-state index is 0.0623. The molecule has 0 aliphatic heterocycles. The van der Waals surface area contributed by atoms with Gasteiger partial charge in [-0.3, -0.25) is 0 Å². The smallest absolute Gasteiger partial charge is 0.130 e. The lowest BCUT2D eigenvalue weighted by Crippen LogP contribution is -2.65. The molecule has 4 saturated carbocycles. The molecule has 0 spiro atoms. The largest absolute Gasteiger partial charge is 0.393 e. The molecule has 0 aromatic heterocycles. The number of carbonyl (C=O) groups excluding carboxylic acids is 1. The van der Waals surface area contributed by atoms with Crippen molar-refractivity contribution in [2.75, 3.05) is 0 Å². The number of aliphatic hydroxyl groups is 2. The Morgan fingerprint density at radius 2 is 1.71 bits per heavy atom. The molecule has 12 atom stereocenters. The summed E-state index contributed by atoms with van der Waals surface area (Å²) >= 11 is 0. The topological polar surface area (TPSA) is 57.5 Å². The van der Waals surface area contributed by atoms with Gasteiger partial charge in [-0.2, -0.15) is 0 Å². The van der Waals surface area contributed by atoms with Crippen LogP contribution in [0.3, 0.4) is 0 Å². The number of fused-ring (bicyclic) bond motifs is 5. The quantitative estimate of drug-likeness (QED) is 0.593. The fourth-order valence-corrected chi connectivity index (χ4v) is 9.59. The van der Waals surface area contributed by atoms with E-state index in [0.717, 1.165) is 38.5 Å². The Morgan fingerprint density at radius 1 is 1.06 bits per heavy atom. The highest BCUT2D eigenvalue weighted by atomic mass is 19.1. The van der Waals surface area contributed by atoms with E-state index in [1.54, 1.807) is 6.92 Å². The van der Waals surface area contributed by atoms with Crippen molar-refractivity contribution >= 4 is 5.78 Å². The Kier molecular flexibility index (Phi) is 6.40. The summed E-state index contributed by atoms with van der Waals surface area (Å²) in [6.45, 7) is 10.9. The predicted octanol–water partition coefficient (Wildman–Crippen LogP) is 5.57. The van der Waals surface area contributed by atoms with Gasteiger partial charge in [0.1, 0.15) is 12.0 Å². The Labute approximate surface area is 188 Å². The molecule has 4 aliphatic carbocycles. The van der Waals surface area contributed by atoms with Crippen LogP contribution in [0.25, 0.3) is 0 Å². The summed E-state index contributed by atoms with van der Waals surface area (Å²) in [5, 5.41) is 22.0. The van der Waals surface area contributed by atoms with Crippen LogP contribution >= 0.6 is 0 Å². The summed E-state index contributed by atoms with van der Waals surface area (Å²) < 4.78 is 15.4. The molecule has 0 aromatic rings. The Balaban J connectivity index is 1.64. The number of Topliss-reactive ketones (excluding diaryl/α,β-unsaturated/α-hetero) is 1. The van der Waals surface area contributed by atoms with E-state index in [1.807, 2.05) is 0 Å². The number of hydrogen-bond donors (Lipinski definition) is 2. The molecule has 4 rings (SSSR count). The molecule has 0 heterocycles. The van der Waals surface area contributed by atoms with E-state index in [0.29, 0.717) is 36.5 Å². The molecule has 0 bridgehead atoms. The van der Waals surface area contributed by atoms with Gasteiger partial charge in [0.25, 0.3) is 0 Å². The van der Waals surface area contributed by atoms with E-state index < -0.39 is 18.4 Å². The molecule has 0 aromatic carbocycles. The zero-order valence-corrected chi connectivity index (χ0v) is 20.3. The molecule has 2 N–H and O–H groups in total. The number of carbonyl (C=O) groups is 1. The van der Waals surface area contributed by atoms with Crippen molar-refractivity contribution in [3.8, 4) is 0 Å². The zero-order valence-electron chi connectivity index (χ0n) is 20.3. The van der Waals surface area contributed by atoms with Gasteiger partial charge >= 0.3 is 0 Å². The molecule has 4 fully saturated rings. The van der Waals surface area contributed by atoms with E-state index in [9.17, 15) is 15.0 Å². The number of halogens is 1. The van der Waals surface area contributed by atoms with Crippen molar-refractivity contribution in [1.29, 1.82) is 0 Å². The van der Waals surface area contributed by atoms with Crippen molar-refractivity contribution in [3.05, 3.63) is 0 Å². The monoisotopic (exact) mass is 436 g/mol. The van der Waals surface area contributed by atoms with Crippen LogP contribution in [0.5, 0.6) is 0 Å². The van der Waals surface area contributed by atoms with Crippen molar-refractivity contribution in [2.24, 2.45) is 52.3 Å². The van der Waals surface area contributed by atoms with Gasteiger partial charge in [-0.25, -0.2) is 4.39 Å². The SMILES string of the molecule is CC[C@@H]1[C@@H]2[C@@H](F)[C@H](O)CC[C@]2(C)C2CC[C@@]3(C)C(CCC3[C@H](C)CCC(C)=O)C2[C@@H]1O. The molecule has 3 nitrogen and oxygen atoms in total. The predicted molar refractivity (Wildman–Crippen MR) is 121 cm³/mol. The number of alkyl halides is 1. The number of ketones is 1. The van der Waals surface area contributed by atoms with Crippen molar-refractivity contribution < 1.29 is 19.4 Å². The standard InChI is InChI=1S/C27H45FO3/c1-6-17-23-24(28)21(30)12-14-27(23,5)20-11-13-26(4)18(15(2)7-8-16(3)29)9-10-19(26)22(20)25(17)31/h15,17-25,30-31H,6-14H2,1-5H3/t15-,17-,18?,19?,20?,21-,22?,23-,24+,25-,26-,27-/m1/s1. The Bertz CT molecular complexity index is 681. The highest BCUT2D eigenvalue weighted by Gasteiger charge is 2.66. The van der Waals surface area contributed by atoms with Crippen LogP contribution in [0, 0.1) is 52.3 Å². The van der Waals surface area contributed by atoms with Gasteiger partial charge in [0.15, 0.2) is 0 Å². The van der Waals surface area contributed by atoms with E-state index >= 15 is 4.39 Å². The van der Waals surface area contributed by atoms with Gasteiger partial charge in [-0.05, 0) is 98.2 Å². The summed E-state index contributed by atoms with van der Waals surface area (Å²) in [7, 11) is 0. The van der Waals surface area contributed by atoms with Crippen molar-refractivity contribution in [3.63, 3.8) is 0 Å². The van der Waals surface area contributed by atoms with Gasteiger partial charge in [0, 0.05) is 12.3 Å². The van der Waals surface area contributed by atoms with Gasteiger partial charge in [0.2, 0.25) is 0 Å². The maximum Gasteiger partial charge on any atom is 0.130 e. The summed E-state index contributed by atoms with van der Waals surface area (Å²) in [5.41, 5.74) is 0.0893. The molecule has 31 heavy (non-hydrogen) atoms. The summed E-state index contributed by atoms with van der Waals surface area (Å²) in [4.78, 5) is 11.6. The normalized spacial score (nSPS) is 52.7. The maximum absolute atomic E-state index is 15.4. The first-order chi connectivity index (χ1) is 14.6. The lowest BCUT2D eigenvalue weighted by molar-refractivity contribution is -0.222. The lowest BCUT2D eigenvalue weighted by Gasteiger charge is -2.65. The van der Waals surface area contributed by atoms with Crippen LogP contribution in [-0.4, -0.2) is 34.4 Å². The van der Waals surface area contributed by atoms with Crippen LogP contribution in [0.15, 0.2) is 0 Å². The van der Waals surface area contributed by atoms with Crippen LogP contribution in [-0.2, 0) is 4.79 Å². The van der Waals surface area contributed by atoms with Gasteiger partial charge in [0.05, 0.1) is 12.2 Å². The third-order valence-electron chi connectivity index (χ3n) is 11.1. The molecule has 4 unspecified atom stereocenters. The average molecular weight is 437 g/mol. The molecular weight excluding hydrogens is 391 g/mol. The highest BCUT2D eigenvalue weighted by Crippen LogP contribution is 2.69. The first-order valence-corrected chi connectivity index (χ1v) is 13.1. The highest BCUT2D eigenvalue weighted by molar-refractivity contribution is 5.75. The minimum Gasteiger partial charge on any atom is -0.393 e. The third kappa shape index (κ3) is 3.54. The van der Waals surface area contributed by atoms with Crippen molar-refractivity contribution in [2.45, 2.75) is 111 Å². The second-order valence-corrected chi connectivity index (χ2v) is 12.4. The Hall–Kier alpha value is -0.480. The van der Waals surface area contributed by atoms with Crippen LogP contribution in [0.4, 0.5) is 4.39 Å². The summed E-state index contributed by atoms with van der Waals surface area (Å²) in [6, 6.07) is 0. The van der Waals surface area contributed by atoms with Gasteiger partial charge in [-0.15, -0.1) is 0 Å². The fourth-order valence-electron chi connectivity index (χ4n) is 9.59. The second kappa shape index (κ2) is 8.38. The molecule has 0 radical (unpaired) electrons. The number of aliphatic hydroxyl groups excluding tert-OH is 2. The van der Waals surface area contributed by atoms with Gasteiger partial charge < -0.3 is 15.0 Å². The van der Waals surface area contributed by atoms with Crippen LogP contribution < -0.4 is 0 Å². The molecule has 4 aliphatic rings. The number of hydrogen-bond acceptors (Lipinski definition) is 3. The Morgan fingerprint density at radius 3 is 2.35 bits per heavy atom. The number of rotatable bonds is 5. The van der Waals surface area contributed by atoms with Gasteiger partial charge in [-0.1, -0.05) is 34.1 Å². The first-order valence-electron chi connectivity index (χ1n) is 13.1. The molecule has 4 heteroatoms. The molecule has 0 amide bonds. The summed E-state index contributed by atoms with van der Waals surface area (Å²) in [5.74, 6) is 2.22. The van der Waals surface area contributed by atoms with E-state index in [1.165, 1.54) is 6.42 Å². The average Bonchev–Trinajstić information content (AvgIpc) is 3.08. The van der Waals surface area contributed by atoms with E-state index in [4.69, 9.17) is 0 Å². The molecular formula is C27H45FO3. The lowest BCUT2D eigenvalue weighted by atomic mass is 9.41. The first kappa shape index (κ1) is 23.7. The second-order valence-electron chi connectivity index (χ2n) is 12.4. The summed E-state index contributed by atoms with van der Waals surface area (Å²) in [6.07, 6.45) is 5.87. The van der Waals surface area contributed by atoms with Crippen LogP contribution in [0.1, 0.15) is 92.4 Å². The zero-order chi connectivity index (χ0) is 22.7. The molecule has 178 valence electrons.